The number of hydrogen-bond acceptors (Lipinski definition) is 4. The molecule has 33 heavy (non-hydrogen) atoms. The topological polar surface area (TPSA) is 104 Å². The van der Waals surface area contributed by atoms with Crippen molar-refractivity contribution in [3.05, 3.63) is 76.5 Å². The number of aromatic nitrogens is 2. The number of benzene rings is 2. The molecule has 0 radical (unpaired) electrons. The number of nitrogens with one attached hydrogen (secondary N) is 2. The lowest BCUT2D eigenvalue weighted by molar-refractivity contribution is 0.720. The highest BCUT2D eigenvalue weighted by Crippen LogP contribution is 2.21. The molecule has 174 valence electrons. The first-order valence-electron chi connectivity index (χ1n) is 10.9. The van der Waals surface area contributed by atoms with E-state index >= 15 is 0 Å². The van der Waals surface area contributed by atoms with E-state index < -0.39 is 0 Å². The van der Waals surface area contributed by atoms with Crippen molar-refractivity contribution in [2.24, 2.45) is 4.99 Å². The zero-order chi connectivity index (χ0) is 22.9. The summed E-state index contributed by atoms with van der Waals surface area (Å²) in [5, 5.41) is 20.8. The zero-order valence-electron chi connectivity index (χ0n) is 19.4. The van der Waals surface area contributed by atoms with Crippen LogP contribution in [0.4, 0.5) is 5.82 Å². The van der Waals surface area contributed by atoms with Gasteiger partial charge in [-0.05, 0) is 50.8 Å². The highest BCUT2D eigenvalue weighted by molar-refractivity contribution is 14.0. The summed E-state index contributed by atoms with van der Waals surface area (Å²) in [6.07, 6.45) is 2.39. The number of hydrogen-bond donors (Lipinski definition) is 3. The van der Waals surface area contributed by atoms with Crippen LogP contribution in [0.3, 0.4) is 0 Å². The predicted molar refractivity (Wildman–Crippen MR) is 145 cm³/mol. The number of nitrogens with two attached hydrogens (primary N) is 1. The third-order valence-electron chi connectivity index (χ3n) is 5.20. The van der Waals surface area contributed by atoms with Crippen molar-refractivity contribution in [3.8, 4) is 11.8 Å². The number of anilines is 1. The number of guanidine groups is 1. The number of halogens is 1. The standard InChI is InChI=1S/C25H31N7.HI/c1-18-14-19(2)16-20(15-18)11-13-30-25(28-3)29-12-7-10-23-22(17-26)24(27)32(31-23)21-8-5-4-6-9-21;/h4-6,8-9,14-16H,7,10-13,27H2,1-3H3,(H2,28,29,30);1H. The lowest BCUT2D eigenvalue weighted by Crippen LogP contribution is -2.38. The van der Waals surface area contributed by atoms with E-state index in [-0.39, 0.29) is 24.0 Å². The number of para-hydroxylation sites is 1. The molecule has 0 bridgehead atoms. The van der Waals surface area contributed by atoms with Crippen molar-refractivity contribution in [2.75, 3.05) is 25.9 Å². The second-order valence-electron chi connectivity index (χ2n) is 7.84. The predicted octanol–water partition coefficient (Wildman–Crippen LogP) is 3.90. The molecule has 0 saturated heterocycles. The van der Waals surface area contributed by atoms with Crippen LogP contribution in [0.25, 0.3) is 5.69 Å². The van der Waals surface area contributed by atoms with Gasteiger partial charge in [0.05, 0.1) is 11.4 Å². The maximum Gasteiger partial charge on any atom is 0.190 e. The first-order valence-corrected chi connectivity index (χ1v) is 10.9. The van der Waals surface area contributed by atoms with Gasteiger partial charge in [0.2, 0.25) is 0 Å². The molecule has 0 atom stereocenters. The van der Waals surface area contributed by atoms with Gasteiger partial charge in [0.15, 0.2) is 5.96 Å². The number of aliphatic imine (C=N–C) groups is 1. The Kier molecular flexibility index (Phi) is 10.2. The highest BCUT2D eigenvalue weighted by atomic mass is 127. The van der Waals surface area contributed by atoms with Gasteiger partial charge < -0.3 is 16.4 Å². The van der Waals surface area contributed by atoms with E-state index in [1.165, 1.54) is 16.7 Å². The molecule has 2 aromatic carbocycles. The van der Waals surface area contributed by atoms with Gasteiger partial charge in [-0.3, -0.25) is 4.99 Å². The summed E-state index contributed by atoms with van der Waals surface area (Å²) >= 11 is 0. The molecule has 1 heterocycles. The minimum absolute atomic E-state index is 0. The van der Waals surface area contributed by atoms with Gasteiger partial charge in [-0.2, -0.15) is 10.4 Å². The van der Waals surface area contributed by atoms with Gasteiger partial charge in [-0.25, -0.2) is 4.68 Å². The summed E-state index contributed by atoms with van der Waals surface area (Å²) < 4.78 is 1.63. The second kappa shape index (κ2) is 12.8. The second-order valence-corrected chi connectivity index (χ2v) is 7.84. The average molecular weight is 557 g/mol. The zero-order valence-corrected chi connectivity index (χ0v) is 21.8. The van der Waals surface area contributed by atoms with Crippen molar-refractivity contribution in [3.63, 3.8) is 0 Å². The molecule has 0 amide bonds. The van der Waals surface area contributed by atoms with Crippen LogP contribution in [0.1, 0.15) is 34.4 Å². The van der Waals surface area contributed by atoms with Crippen LogP contribution in [0, 0.1) is 25.2 Å². The third kappa shape index (κ3) is 7.22. The molecule has 0 aliphatic heterocycles. The number of rotatable bonds is 8. The molecule has 8 heteroatoms. The smallest absolute Gasteiger partial charge is 0.190 e. The van der Waals surface area contributed by atoms with Crippen molar-refractivity contribution in [1.82, 2.24) is 20.4 Å². The molecule has 7 nitrogen and oxygen atoms in total. The number of nitrogen functional groups attached to an aromatic ring is 1. The molecule has 4 N–H and O–H groups in total. The van der Waals surface area contributed by atoms with Gasteiger partial charge >= 0.3 is 0 Å². The van der Waals surface area contributed by atoms with Gasteiger partial charge in [-0.1, -0.05) is 47.5 Å². The Morgan fingerprint density at radius 2 is 1.73 bits per heavy atom. The van der Waals surface area contributed by atoms with Crippen LogP contribution >= 0.6 is 24.0 Å². The maximum atomic E-state index is 9.54. The van der Waals surface area contributed by atoms with E-state index in [9.17, 15) is 5.26 Å². The molecule has 0 unspecified atom stereocenters. The van der Waals surface area contributed by atoms with Crippen molar-refractivity contribution in [1.29, 1.82) is 5.26 Å². The summed E-state index contributed by atoms with van der Waals surface area (Å²) in [4.78, 5) is 4.29. The Hall–Kier alpha value is -3.06. The molecule has 0 saturated carbocycles. The first-order chi connectivity index (χ1) is 15.5. The molecule has 1 aromatic heterocycles. The Labute approximate surface area is 213 Å². The van der Waals surface area contributed by atoms with Gasteiger partial charge in [0, 0.05) is 20.1 Å². The van der Waals surface area contributed by atoms with Crippen LogP contribution < -0.4 is 16.4 Å². The van der Waals surface area contributed by atoms with E-state index in [1.54, 1.807) is 11.7 Å². The van der Waals surface area contributed by atoms with E-state index in [1.807, 2.05) is 30.3 Å². The lowest BCUT2D eigenvalue weighted by Gasteiger charge is -2.12. The SMILES string of the molecule is CN=C(NCCCc1nn(-c2ccccc2)c(N)c1C#N)NCCc1cc(C)cc(C)c1.I. The fourth-order valence-corrected chi connectivity index (χ4v) is 3.76. The minimum Gasteiger partial charge on any atom is -0.382 e. The van der Waals surface area contributed by atoms with E-state index in [4.69, 9.17) is 5.73 Å². The molecular weight excluding hydrogens is 525 g/mol. The number of nitrogens with zero attached hydrogens (tertiary/aromatic N) is 4. The monoisotopic (exact) mass is 557 g/mol. The van der Waals surface area contributed by atoms with Crippen molar-refractivity contribution in [2.45, 2.75) is 33.1 Å². The van der Waals surface area contributed by atoms with Gasteiger partial charge in [0.1, 0.15) is 17.5 Å². The van der Waals surface area contributed by atoms with Crippen molar-refractivity contribution < 1.29 is 0 Å². The Morgan fingerprint density at radius 3 is 2.36 bits per heavy atom. The summed E-state index contributed by atoms with van der Waals surface area (Å²) in [5.74, 6) is 1.15. The third-order valence-corrected chi connectivity index (χ3v) is 5.20. The fraction of sp³-hybridized carbons (Fsp3) is 0.320. The molecule has 0 aliphatic carbocycles. The molecule has 3 rings (SSSR count). The van der Waals surface area contributed by atoms with Crippen molar-refractivity contribution >= 4 is 35.8 Å². The first kappa shape index (κ1) is 26.2. The van der Waals surface area contributed by atoms with Crippen LogP contribution in [0.5, 0.6) is 0 Å². The molecule has 0 spiro atoms. The van der Waals surface area contributed by atoms with Crippen LogP contribution in [0.2, 0.25) is 0 Å². The van der Waals surface area contributed by atoms with E-state index in [0.717, 1.165) is 31.0 Å². The molecular formula is C25H32IN7. The fourth-order valence-electron chi connectivity index (χ4n) is 3.76. The summed E-state index contributed by atoms with van der Waals surface area (Å²) in [6.45, 7) is 5.77. The maximum absolute atomic E-state index is 9.54. The summed E-state index contributed by atoms with van der Waals surface area (Å²) in [7, 11) is 1.77. The van der Waals surface area contributed by atoms with Crippen LogP contribution in [0.15, 0.2) is 53.5 Å². The van der Waals surface area contributed by atoms with Gasteiger partial charge in [-0.15, -0.1) is 24.0 Å². The summed E-state index contributed by atoms with van der Waals surface area (Å²) in [5.41, 5.74) is 12.1. The number of nitriles is 1. The van der Waals surface area contributed by atoms with E-state index in [2.05, 4.69) is 58.8 Å². The van der Waals surface area contributed by atoms with Gasteiger partial charge in [0.25, 0.3) is 0 Å². The quantitative estimate of drug-likeness (QED) is 0.169. The largest absolute Gasteiger partial charge is 0.382 e. The minimum atomic E-state index is 0. The molecule has 0 fully saturated rings. The summed E-state index contributed by atoms with van der Waals surface area (Å²) in [6, 6.07) is 18.4. The normalized spacial score (nSPS) is 10.9. The molecule has 0 aliphatic rings. The number of aryl methyl sites for hydroxylation is 3. The lowest BCUT2D eigenvalue weighted by atomic mass is 10.1. The van der Waals surface area contributed by atoms with Crippen LogP contribution in [-0.4, -0.2) is 35.9 Å². The Morgan fingerprint density at radius 1 is 1.06 bits per heavy atom. The average Bonchev–Trinajstić information content (AvgIpc) is 3.10. The Balaban J connectivity index is 0.00000385. The highest BCUT2D eigenvalue weighted by Gasteiger charge is 2.16. The Bertz CT molecular complexity index is 1090. The van der Waals surface area contributed by atoms with Crippen LogP contribution in [-0.2, 0) is 12.8 Å². The van der Waals surface area contributed by atoms with E-state index in [0.29, 0.717) is 30.0 Å². The molecule has 3 aromatic rings.